The molecule has 0 amide bonds. The van der Waals surface area contributed by atoms with E-state index in [0.717, 1.165) is 24.3 Å². The number of likely N-dealkylation sites (tertiary alicyclic amines) is 1. The maximum Gasteiger partial charge on any atom is 0.167 e. The Morgan fingerprint density at radius 3 is 3.04 bits per heavy atom. The van der Waals surface area contributed by atoms with Crippen LogP contribution in [-0.4, -0.2) is 48.2 Å². The summed E-state index contributed by atoms with van der Waals surface area (Å²) < 4.78 is 18.8. The third kappa shape index (κ3) is 3.52. The van der Waals surface area contributed by atoms with Gasteiger partial charge in [0.15, 0.2) is 11.6 Å². The molecule has 1 saturated heterocycles. The van der Waals surface area contributed by atoms with Crippen LogP contribution in [0.1, 0.15) is 19.8 Å². The van der Waals surface area contributed by atoms with Crippen molar-refractivity contribution in [3.63, 3.8) is 0 Å². The number of ether oxygens (including phenoxy) is 1. The minimum absolute atomic E-state index is 0.213. The molecule has 0 saturated carbocycles. The summed E-state index contributed by atoms with van der Waals surface area (Å²) in [7, 11) is 1.46. The molecular formula is C17H23FN4O. The van der Waals surface area contributed by atoms with Gasteiger partial charge in [0.05, 0.1) is 12.6 Å². The van der Waals surface area contributed by atoms with Gasteiger partial charge in [0.1, 0.15) is 12.1 Å². The molecule has 23 heavy (non-hydrogen) atoms. The van der Waals surface area contributed by atoms with Crippen molar-refractivity contribution in [2.45, 2.75) is 19.8 Å². The Balaban J connectivity index is 1.73. The van der Waals surface area contributed by atoms with Gasteiger partial charge in [-0.15, -0.1) is 0 Å². The van der Waals surface area contributed by atoms with Crippen molar-refractivity contribution in [3.8, 4) is 5.75 Å². The number of fused-ring (bicyclic) bond motifs is 1. The SMILES string of the molecule is CCCN1CCC(CNc2ncnc3cc(F)c(OC)cc23)C1. The first kappa shape index (κ1) is 15.9. The normalized spacial score (nSPS) is 18.5. The smallest absolute Gasteiger partial charge is 0.167 e. The lowest BCUT2D eigenvalue weighted by atomic mass is 10.1. The summed E-state index contributed by atoms with van der Waals surface area (Å²) >= 11 is 0. The fourth-order valence-corrected chi connectivity index (χ4v) is 3.19. The molecule has 1 fully saturated rings. The van der Waals surface area contributed by atoms with Gasteiger partial charge in [-0.25, -0.2) is 14.4 Å². The van der Waals surface area contributed by atoms with Crippen molar-refractivity contribution < 1.29 is 9.13 Å². The highest BCUT2D eigenvalue weighted by molar-refractivity contribution is 5.90. The highest BCUT2D eigenvalue weighted by Gasteiger charge is 2.21. The van der Waals surface area contributed by atoms with Crippen LogP contribution in [0.5, 0.6) is 5.75 Å². The maximum absolute atomic E-state index is 13.8. The Kier molecular flexibility index (Phi) is 4.91. The number of rotatable bonds is 6. The first-order chi connectivity index (χ1) is 11.2. The predicted molar refractivity (Wildman–Crippen MR) is 89.4 cm³/mol. The molecule has 5 nitrogen and oxygen atoms in total. The Bertz CT molecular complexity index is 679. The van der Waals surface area contributed by atoms with Crippen molar-refractivity contribution in [1.29, 1.82) is 0 Å². The lowest BCUT2D eigenvalue weighted by molar-refractivity contribution is 0.327. The van der Waals surface area contributed by atoms with Gasteiger partial charge in [0, 0.05) is 24.5 Å². The largest absolute Gasteiger partial charge is 0.494 e. The number of hydrogen-bond donors (Lipinski definition) is 1. The van der Waals surface area contributed by atoms with Crippen molar-refractivity contribution >= 4 is 16.7 Å². The molecule has 2 heterocycles. The molecule has 6 heteroatoms. The van der Waals surface area contributed by atoms with Gasteiger partial charge in [-0.05, 0) is 37.9 Å². The summed E-state index contributed by atoms with van der Waals surface area (Å²) in [6.45, 7) is 6.55. The zero-order valence-corrected chi connectivity index (χ0v) is 13.7. The van der Waals surface area contributed by atoms with Crippen molar-refractivity contribution in [1.82, 2.24) is 14.9 Å². The molecule has 1 aliphatic heterocycles. The average molecular weight is 318 g/mol. The third-order valence-electron chi connectivity index (χ3n) is 4.38. The first-order valence-electron chi connectivity index (χ1n) is 8.15. The average Bonchev–Trinajstić information content (AvgIpc) is 3.00. The van der Waals surface area contributed by atoms with E-state index in [4.69, 9.17) is 4.74 Å². The van der Waals surface area contributed by atoms with Gasteiger partial charge < -0.3 is 15.0 Å². The summed E-state index contributed by atoms with van der Waals surface area (Å²) in [4.78, 5) is 11.0. The number of aromatic nitrogens is 2. The van der Waals surface area contributed by atoms with E-state index in [-0.39, 0.29) is 5.75 Å². The van der Waals surface area contributed by atoms with E-state index in [0.29, 0.717) is 11.4 Å². The number of methoxy groups -OCH3 is 1. The maximum atomic E-state index is 13.8. The number of nitrogens with one attached hydrogen (secondary N) is 1. The summed E-state index contributed by atoms with van der Waals surface area (Å²) in [6.07, 6.45) is 3.87. The molecule has 0 spiro atoms. The lowest BCUT2D eigenvalue weighted by Crippen LogP contribution is -2.23. The summed E-state index contributed by atoms with van der Waals surface area (Å²) in [5.74, 6) is 1.16. The second-order valence-corrected chi connectivity index (χ2v) is 6.06. The molecule has 0 bridgehead atoms. The molecule has 0 radical (unpaired) electrons. The van der Waals surface area contributed by atoms with E-state index in [1.54, 1.807) is 6.07 Å². The Hall–Kier alpha value is -1.95. The van der Waals surface area contributed by atoms with Crippen LogP contribution in [0.4, 0.5) is 10.2 Å². The molecule has 2 aromatic rings. The molecule has 1 aromatic carbocycles. The second kappa shape index (κ2) is 7.08. The highest BCUT2D eigenvalue weighted by Crippen LogP contribution is 2.27. The van der Waals surface area contributed by atoms with Gasteiger partial charge in [-0.1, -0.05) is 6.92 Å². The standard InChI is InChI=1S/C17H23FN4O/c1-3-5-22-6-4-12(10-22)9-19-17-13-7-16(23-2)14(18)8-15(13)20-11-21-17/h7-8,11-12H,3-6,9-10H2,1-2H3,(H,19,20,21). The van der Waals surface area contributed by atoms with E-state index < -0.39 is 5.82 Å². The fourth-order valence-electron chi connectivity index (χ4n) is 3.19. The Morgan fingerprint density at radius 1 is 1.39 bits per heavy atom. The van der Waals surface area contributed by atoms with Gasteiger partial charge >= 0.3 is 0 Å². The van der Waals surface area contributed by atoms with Gasteiger partial charge in [0.2, 0.25) is 0 Å². The van der Waals surface area contributed by atoms with Crippen LogP contribution >= 0.6 is 0 Å². The zero-order valence-electron chi connectivity index (χ0n) is 13.7. The molecule has 1 unspecified atom stereocenters. The van der Waals surface area contributed by atoms with Crippen molar-refractivity contribution in [3.05, 3.63) is 24.3 Å². The summed E-state index contributed by atoms with van der Waals surface area (Å²) in [5.41, 5.74) is 0.583. The second-order valence-electron chi connectivity index (χ2n) is 6.06. The van der Waals surface area contributed by atoms with Crippen LogP contribution in [0.25, 0.3) is 10.9 Å². The van der Waals surface area contributed by atoms with Gasteiger partial charge in [0.25, 0.3) is 0 Å². The highest BCUT2D eigenvalue weighted by atomic mass is 19.1. The molecular weight excluding hydrogens is 295 g/mol. The van der Waals surface area contributed by atoms with E-state index in [1.807, 2.05) is 0 Å². The molecule has 1 atom stereocenters. The number of benzene rings is 1. The van der Waals surface area contributed by atoms with Crippen LogP contribution in [0.3, 0.4) is 0 Å². The quantitative estimate of drug-likeness (QED) is 0.887. The molecule has 124 valence electrons. The topological polar surface area (TPSA) is 50.3 Å². The van der Waals surface area contributed by atoms with Crippen LogP contribution in [-0.2, 0) is 0 Å². The predicted octanol–water partition coefficient (Wildman–Crippen LogP) is 2.92. The lowest BCUT2D eigenvalue weighted by Gasteiger charge is -2.16. The Morgan fingerprint density at radius 2 is 2.26 bits per heavy atom. The molecule has 1 N–H and O–H groups in total. The van der Waals surface area contributed by atoms with Crippen LogP contribution < -0.4 is 10.1 Å². The molecule has 1 aliphatic rings. The fraction of sp³-hybridized carbons (Fsp3) is 0.529. The van der Waals surface area contributed by atoms with Crippen molar-refractivity contribution in [2.24, 2.45) is 5.92 Å². The van der Waals surface area contributed by atoms with E-state index in [9.17, 15) is 4.39 Å². The number of nitrogens with zero attached hydrogens (tertiary/aromatic N) is 3. The van der Waals surface area contributed by atoms with Crippen molar-refractivity contribution in [2.75, 3.05) is 38.6 Å². The summed E-state index contributed by atoms with van der Waals surface area (Å²) in [5, 5.41) is 4.19. The first-order valence-corrected chi connectivity index (χ1v) is 8.15. The molecule has 3 rings (SSSR count). The number of hydrogen-bond acceptors (Lipinski definition) is 5. The van der Waals surface area contributed by atoms with Crippen LogP contribution in [0, 0.1) is 11.7 Å². The molecule has 0 aliphatic carbocycles. The Labute approximate surface area is 135 Å². The summed E-state index contributed by atoms with van der Waals surface area (Å²) in [6, 6.07) is 3.05. The van der Waals surface area contributed by atoms with Gasteiger partial charge in [-0.2, -0.15) is 0 Å². The van der Waals surface area contributed by atoms with E-state index in [1.165, 1.54) is 45.4 Å². The van der Waals surface area contributed by atoms with E-state index in [2.05, 4.69) is 27.1 Å². The van der Waals surface area contributed by atoms with Crippen LogP contribution in [0.15, 0.2) is 18.5 Å². The molecule has 1 aromatic heterocycles. The van der Waals surface area contributed by atoms with E-state index >= 15 is 0 Å². The minimum Gasteiger partial charge on any atom is -0.494 e. The minimum atomic E-state index is -0.407. The zero-order chi connectivity index (χ0) is 16.2. The van der Waals surface area contributed by atoms with Gasteiger partial charge in [-0.3, -0.25) is 0 Å². The number of halogens is 1. The van der Waals surface area contributed by atoms with Crippen LogP contribution in [0.2, 0.25) is 0 Å². The monoisotopic (exact) mass is 318 g/mol. The number of anilines is 1. The third-order valence-corrected chi connectivity index (χ3v) is 4.38.